The van der Waals surface area contributed by atoms with Crippen molar-refractivity contribution in [1.29, 1.82) is 0 Å². The lowest BCUT2D eigenvalue weighted by atomic mass is 10.2. The van der Waals surface area contributed by atoms with Gasteiger partial charge in [-0.3, -0.25) is 0 Å². The second-order valence-electron chi connectivity index (χ2n) is 2.71. The third kappa shape index (κ3) is 2.22. The number of ether oxygens (including phenoxy) is 1. The smallest absolute Gasteiger partial charge is 0.207 e. The Balaban J connectivity index is 2.42. The summed E-state index contributed by atoms with van der Waals surface area (Å²) in [4.78, 5) is 0. The highest BCUT2D eigenvalue weighted by Gasteiger charge is 2.07. The van der Waals surface area contributed by atoms with Crippen molar-refractivity contribution in [2.75, 3.05) is 7.11 Å². The first-order valence-corrected chi connectivity index (χ1v) is 5.61. The average Bonchev–Trinajstić information content (AvgIpc) is 2.65. The van der Waals surface area contributed by atoms with Crippen LogP contribution in [-0.4, -0.2) is 17.3 Å². The zero-order valence-electron chi connectivity index (χ0n) is 7.70. The minimum Gasteiger partial charge on any atom is -0.495 e. The minimum absolute atomic E-state index is 0.414. The van der Waals surface area contributed by atoms with Crippen molar-refractivity contribution in [3.05, 3.63) is 27.7 Å². The van der Waals surface area contributed by atoms with Gasteiger partial charge in [-0.25, -0.2) is 0 Å². The first-order valence-electron chi connectivity index (χ1n) is 4.03. The van der Waals surface area contributed by atoms with Crippen LogP contribution in [0, 0.1) is 0 Å². The van der Waals surface area contributed by atoms with Crippen molar-refractivity contribution in [3.63, 3.8) is 0 Å². The molecule has 0 amide bonds. The molecular formula is C9H6Cl2N2OS. The molecule has 0 N–H and O–H groups in total. The zero-order valence-corrected chi connectivity index (χ0v) is 10.0. The quantitative estimate of drug-likeness (QED) is 0.829. The van der Waals surface area contributed by atoms with Crippen LogP contribution in [0.15, 0.2) is 18.2 Å². The van der Waals surface area contributed by atoms with E-state index < -0.39 is 0 Å². The van der Waals surface area contributed by atoms with Crippen LogP contribution in [0.2, 0.25) is 9.49 Å². The molecule has 2 rings (SSSR count). The first kappa shape index (κ1) is 10.7. The van der Waals surface area contributed by atoms with Crippen LogP contribution < -0.4 is 4.74 Å². The summed E-state index contributed by atoms with van der Waals surface area (Å²) in [5.41, 5.74) is 0.880. The van der Waals surface area contributed by atoms with Gasteiger partial charge in [-0.1, -0.05) is 22.9 Å². The van der Waals surface area contributed by atoms with Gasteiger partial charge in [-0.15, -0.1) is 10.2 Å². The summed E-state index contributed by atoms with van der Waals surface area (Å²) in [6, 6.07) is 5.42. The average molecular weight is 261 g/mol. The highest BCUT2D eigenvalue weighted by Crippen LogP contribution is 2.32. The monoisotopic (exact) mass is 260 g/mol. The molecule has 0 aliphatic rings. The maximum Gasteiger partial charge on any atom is 0.207 e. The van der Waals surface area contributed by atoms with Crippen LogP contribution in [0.3, 0.4) is 0 Å². The molecule has 1 aromatic carbocycles. The Morgan fingerprint density at radius 2 is 2.07 bits per heavy atom. The van der Waals surface area contributed by atoms with Gasteiger partial charge in [0.05, 0.1) is 12.1 Å². The first-order chi connectivity index (χ1) is 7.20. The van der Waals surface area contributed by atoms with Crippen LogP contribution in [0.4, 0.5) is 0 Å². The molecule has 0 unspecified atom stereocenters. The Labute approximate surface area is 101 Å². The van der Waals surface area contributed by atoms with E-state index in [1.165, 1.54) is 11.3 Å². The topological polar surface area (TPSA) is 35.0 Å². The molecule has 1 aromatic heterocycles. The second kappa shape index (κ2) is 4.35. The van der Waals surface area contributed by atoms with E-state index in [0.717, 1.165) is 10.6 Å². The van der Waals surface area contributed by atoms with Crippen molar-refractivity contribution in [2.24, 2.45) is 0 Å². The summed E-state index contributed by atoms with van der Waals surface area (Å²) >= 11 is 13.0. The van der Waals surface area contributed by atoms with Gasteiger partial charge in [0.15, 0.2) is 0 Å². The SMILES string of the molecule is COc1ccc(-c2nnc(Cl)s2)cc1Cl. The third-order valence-electron chi connectivity index (χ3n) is 1.80. The Bertz CT molecular complexity index is 487. The number of nitrogens with zero attached hydrogens (tertiary/aromatic N) is 2. The van der Waals surface area contributed by atoms with Gasteiger partial charge >= 0.3 is 0 Å². The molecule has 0 atom stereocenters. The van der Waals surface area contributed by atoms with E-state index in [0.29, 0.717) is 15.2 Å². The zero-order chi connectivity index (χ0) is 10.8. The fourth-order valence-electron chi connectivity index (χ4n) is 1.12. The van der Waals surface area contributed by atoms with E-state index in [-0.39, 0.29) is 0 Å². The van der Waals surface area contributed by atoms with E-state index >= 15 is 0 Å². The van der Waals surface area contributed by atoms with Gasteiger partial charge in [-0.05, 0) is 29.8 Å². The van der Waals surface area contributed by atoms with Crippen molar-refractivity contribution in [3.8, 4) is 16.3 Å². The molecule has 0 spiro atoms. The van der Waals surface area contributed by atoms with E-state index in [9.17, 15) is 0 Å². The van der Waals surface area contributed by atoms with Gasteiger partial charge in [-0.2, -0.15) is 0 Å². The molecule has 78 valence electrons. The molecule has 0 saturated heterocycles. The largest absolute Gasteiger partial charge is 0.495 e. The second-order valence-corrected chi connectivity index (χ2v) is 4.68. The van der Waals surface area contributed by atoms with Crippen LogP contribution >= 0.6 is 34.5 Å². The van der Waals surface area contributed by atoms with Crippen molar-refractivity contribution in [2.45, 2.75) is 0 Å². The molecule has 0 bridgehead atoms. The fourth-order valence-corrected chi connectivity index (χ4v) is 2.20. The number of hydrogen-bond donors (Lipinski definition) is 0. The number of methoxy groups -OCH3 is 1. The van der Waals surface area contributed by atoms with Gasteiger partial charge in [0, 0.05) is 5.56 Å². The van der Waals surface area contributed by atoms with E-state index in [1.807, 2.05) is 6.07 Å². The Morgan fingerprint density at radius 1 is 1.27 bits per heavy atom. The number of aromatic nitrogens is 2. The highest BCUT2D eigenvalue weighted by atomic mass is 35.5. The maximum absolute atomic E-state index is 5.98. The molecule has 15 heavy (non-hydrogen) atoms. The minimum atomic E-state index is 0.414. The summed E-state index contributed by atoms with van der Waals surface area (Å²) in [6.45, 7) is 0. The van der Waals surface area contributed by atoms with Crippen LogP contribution in [-0.2, 0) is 0 Å². The lowest BCUT2D eigenvalue weighted by Crippen LogP contribution is -1.84. The maximum atomic E-state index is 5.98. The van der Waals surface area contributed by atoms with Crippen molar-refractivity contribution >= 4 is 34.5 Å². The predicted molar refractivity (Wildman–Crippen MR) is 61.9 cm³/mol. The number of halogens is 2. The molecular weight excluding hydrogens is 255 g/mol. The molecule has 3 nitrogen and oxygen atoms in total. The van der Waals surface area contributed by atoms with E-state index in [4.69, 9.17) is 27.9 Å². The van der Waals surface area contributed by atoms with Crippen LogP contribution in [0.5, 0.6) is 5.75 Å². The standard InChI is InChI=1S/C9H6Cl2N2OS/c1-14-7-3-2-5(4-6(7)10)8-12-13-9(11)15-8/h2-4H,1H3. The Kier molecular flexibility index (Phi) is 3.09. The van der Waals surface area contributed by atoms with Crippen LogP contribution in [0.25, 0.3) is 10.6 Å². The van der Waals surface area contributed by atoms with Gasteiger partial charge in [0.25, 0.3) is 0 Å². The normalized spacial score (nSPS) is 10.3. The van der Waals surface area contributed by atoms with Crippen LogP contribution in [0.1, 0.15) is 0 Å². The summed E-state index contributed by atoms with van der Waals surface area (Å²) in [6.07, 6.45) is 0. The summed E-state index contributed by atoms with van der Waals surface area (Å²) in [5.74, 6) is 0.635. The van der Waals surface area contributed by atoms with Gasteiger partial charge in [0.1, 0.15) is 10.8 Å². The molecule has 6 heteroatoms. The number of benzene rings is 1. The van der Waals surface area contributed by atoms with Crippen molar-refractivity contribution < 1.29 is 4.74 Å². The van der Waals surface area contributed by atoms with E-state index in [2.05, 4.69) is 10.2 Å². The molecule has 0 fully saturated rings. The summed E-state index contributed by atoms with van der Waals surface area (Å²) in [5, 5.41) is 8.93. The predicted octanol–water partition coefficient (Wildman–Crippen LogP) is 3.52. The lowest BCUT2D eigenvalue weighted by molar-refractivity contribution is 0.415. The molecule has 0 aliphatic heterocycles. The molecule has 0 saturated carbocycles. The number of hydrogen-bond acceptors (Lipinski definition) is 4. The summed E-state index contributed by atoms with van der Waals surface area (Å²) < 4.78 is 5.46. The highest BCUT2D eigenvalue weighted by molar-refractivity contribution is 7.18. The number of rotatable bonds is 2. The lowest BCUT2D eigenvalue weighted by Gasteiger charge is -2.03. The van der Waals surface area contributed by atoms with E-state index in [1.54, 1.807) is 19.2 Å². The fraction of sp³-hybridized carbons (Fsp3) is 0.111. The third-order valence-corrected chi connectivity index (χ3v) is 3.16. The molecule has 2 aromatic rings. The summed E-state index contributed by atoms with van der Waals surface area (Å²) in [7, 11) is 1.57. The van der Waals surface area contributed by atoms with Gasteiger partial charge < -0.3 is 4.74 Å². The van der Waals surface area contributed by atoms with Crippen molar-refractivity contribution in [1.82, 2.24) is 10.2 Å². The molecule has 0 aliphatic carbocycles. The molecule has 1 heterocycles. The van der Waals surface area contributed by atoms with Gasteiger partial charge in [0.2, 0.25) is 4.47 Å². The molecule has 0 radical (unpaired) electrons. The Hall–Kier alpha value is -0.840. The Morgan fingerprint density at radius 3 is 2.60 bits per heavy atom.